The Morgan fingerprint density at radius 3 is 2.85 bits per heavy atom. The molecule has 0 aliphatic heterocycles. The molecule has 20 heavy (non-hydrogen) atoms. The number of alkyl halides is 3. The minimum Gasteiger partial charge on any atom is -0.479 e. The number of hydrogen-bond donors (Lipinski definition) is 1. The Morgan fingerprint density at radius 1 is 1.50 bits per heavy atom. The summed E-state index contributed by atoms with van der Waals surface area (Å²) >= 11 is 0. The van der Waals surface area contributed by atoms with Gasteiger partial charge in [-0.05, 0) is 24.4 Å². The molecule has 1 N–H and O–H groups in total. The zero-order chi connectivity index (χ0) is 14.8. The van der Waals surface area contributed by atoms with Crippen molar-refractivity contribution in [1.82, 2.24) is 10.5 Å². The van der Waals surface area contributed by atoms with Crippen molar-refractivity contribution in [1.29, 1.82) is 0 Å². The van der Waals surface area contributed by atoms with Gasteiger partial charge in [0.1, 0.15) is 0 Å². The van der Waals surface area contributed by atoms with Crippen LogP contribution in [0.4, 0.5) is 13.2 Å². The summed E-state index contributed by atoms with van der Waals surface area (Å²) in [5.74, 6) is -1.86. The van der Waals surface area contributed by atoms with E-state index in [2.05, 4.69) is 10.5 Å². The van der Waals surface area contributed by atoms with Crippen molar-refractivity contribution >= 4 is 5.91 Å². The summed E-state index contributed by atoms with van der Waals surface area (Å²) in [5, 5.41) is 6.01. The number of amides is 1. The van der Waals surface area contributed by atoms with Crippen LogP contribution in [-0.2, 0) is 0 Å². The highest BCUT2D eigenvalue weighted by molar-refractivity contribution is 5.91. The molecule has 0 saturated heterocycles. The van der Waals surface area contributed by atoms with Crippen LogP contribution in [0.3, 0.4) is 0 Å². The third kappa shape index (κ3) is 3.43. The number of methoxy groups -OCH3 is 1. The molecular weight excluding hydrogens is 277 g/mol. The second-order valence-corrected chi connectivity index (χ2v) is 4.81. The maximum atomic E-state index is 12.7. The van der Waals surface area contributed by atoms with Crippen LogP contribution in [0.5, 0.6) is 5.88 Å². The van der Waals surface area contributed by atoms with Gasteiger partial charge in [0.05, 0.1) is 19.1 Å². The molecule has 1 saturated carbocycles. The summed E-state index contributed by atoms with van der Waals surface area (Å²) in [6, 6.07) is 0.790. The molecule has 0 aromatic carbocycles. The Kier molecular flexibility index (Phi) is 4.20. The number of aromatic nitrogens is 1. The van der Waals surface area contributed by atoms with E-state index in [4.69, 9.17) is 9.26 Å². The predicted octanol–water partition coefficient (Wildman–Crippen LogP) is 2.53. The summed E-state index contributed by atoms with van der Waals surface area (Å²) in [6.07, 6.45) is -3.22. The molecule has 8 heteroatoms. The Labute approximate surface area is 113 Å². The number of carbonyl (C=O) groups is 1. The van der Waals surface area contributed by atoms with Crippen molar-refractivity contribution in [2.45, 2.75) is 37.9 Å². The Balaban J connectivity index is 1.94. The van der Waals surface area contributed by atoms with Crippen LogP contribution in [-0.4, -0.2) is 30.4 Å². The van der Waals surface area contributed by atoms with E-state index < -0.39 is 24.0 Å². The van der Waals surface area contributed by atoms with Crippen molar-refractivity contribution in [2.24, 2.45) is 5.92 Å². The van der Waals surface area contributed by atoms with Crippen molar-refractivity contribution in [2.75, 3.05) is 7.11 Å². The minimum absolute atomic E-state index is 0.0732. The highest BCUT2D eigenvalue weighted by atomic mass is 19.4. The van der Waals surface area contributed by atoms with Crippen molar-refractivity contribution < 1.29 is 27.2 Å². The first-order chi connectivity index (χ1) is 9.40. The Morgan fingerprint density at radius 2 is 2.25 bits per heavy atom. The quantitative estimate of drug-likeness (QED) is 0.929. The maximum absolute atomic E-state index is 12.7. The number of carbonyl (C=O) groups excluding carboxylic acids is 1. The summed E-state index contributed by atoms with van der Waals surface area (Å²) in [4.78, 5) is 11.8. The van der Waals surface area contributed by atoms with Gasteiger partial charge in [0, 0.05) is 6.04 Å². The van der Waals surface area contributed by atoms with Crippen LogP contribution in [0, 0.1) is 5.92 Å². The van der Waals surface area contributed by atoms with Crippen LogP contribution >= 0.6 is 0 Å². The first kappa shape index (κ1) is 14.7. The Hall–Kier alpha value is -1.73. The maximum Gasteiger partial charge on any atom is 0.391 e. The molecular formula is C12H15F3N2O3. The van der Waals surface area contributed by atoms with Crippen LogP contribution in [0.25, 0.3) is 0 Å². The van der Waals surface area contributed by atoms with Crippen molar-refractivity contribution in [3.63, 3.8) is 0 Å². The lowest BCUT2D eigenvalue weighted by atomic mass is 9.85. The summed E-state index contributed by atoms with van der Waals surface area (Å²) in [7, 11) is 1.37. The number of rotatable bonds is 3. The van der Waals surface area contributed by atoms with Gasteiger partial charge in [-0.15, -0.1) is 0 Å². The average Bonchev–Trinajstić information content (AvgIpc) is 2.87. The third-order valence-electron chi connectivity index (χ3n) is 3.39. The van der Waals surface area contributed by atoms with Gasteiger partial charge < -0.3 is 14.6 Å². The number of ether oxygens (including phenoxy) is 1. The van der Waals surface area contributed by atoms with Crippen molar-refractivity contribution in [3.8, 4) is 5.88 Å². The molecule has 1 aliphatic rings. The summed E-state index contributed by atoms with van der Waals surface area (Å²) in [6.45, 7) is 0. The number of hydrogen-bond acceptors (Lipinski definition) is 4. The van der Waals surface area contributed by atoms with Gasteiger partial charge in [0.2, 0.25) is 5.76 Å². The van der Waals surface area contributed by atoms with E-state index in [-0.39, 0.29) is 24.5 Å². The SMILES string of the molecule is COc1cc(C(=O)NC2CCCC(C(F)(F)F)C2)on1. The molecule has 1 amide bonds. The fourth-order valence-corrected chi connectivity index (χ4v) is 2.34. The third-order valence-corrected chi connectivity index (χ3v) is 3.39. The molecule has 1 aromatic heterocycles. The fourth-order valence-electron chi connectivity index (χ4n) is 2.34. The minimum atomic E-state index is -4.21. The number of nitrogens with zero attached hydrogens (tertiary/aromatic N) is 1. The highest BCUT2D eigenvalue weighted by Gasteiger charge is 2.42. The fraction of sp³-hybridized carbons (Fsp3) is 0.667. The van der Waals surface area contributed by atoms with Crippen molar-refractivity contribution in [3.05, 3.63) is 11.8 Å². The van der Waals surface area contributed by atoms with Crippen LogP contribution in [0.2, 0.25) is 0 Å². The second kappa shape index (κ2) is 5.72. The largest absolute Gasteiger partial charge is 0.479 e. The molecule has 1 aromatic rings. The van der Waals surface area contributed by atoms with E-state index in [0.717, 1.165) is 0 Å². The van der Waals surface area contributed by atoms with Gasteiger partial charge >= 0.3 is 6.18 Å². The number of halogens is 3. The van der Waals surface area contributed by atoms with E-state index in [9.17, 15) is 18.0 Å². The zero-order valence-corrected chi connectivity index (χ0v) is 10.9. The summed E-state index contributed by atoms with van der Waals surface area (Å²) < 4.78 is 47.5. The lowest BCUT2D eigenvalue weighted by Gasteiger charge is -2.30. The zero-order valence-electron chi connectivity index (χ0n) is 10.9. The lowest BCUT2D eigenvalue weighted by molar-refractivity contribution is -0.183. The van der Waals surface area contributed by atoms with Gasteiger partial charge in [-0.1, -0.05) is 6.42 Å². The summed E-state index contributed by atoms with van der Waals surface area (Å²) in [5.41, 5.74) is 0. The standard InChI is InChI=1S/C12H15F3N2O3/c1-19-10-6-9(20-17-10)11(18)16-8-4-2-3-7(5-8)12(13,14)15/h6-8H,2-5H2,1H3,(H,16,18). The monoisotopic (exact) mass is 292 g/mol. The lowest BCUT2D eigenvalue weighted by Crippen LogP contribution is -2.41. The van der Waals surface area contributed by atoms with Gasteiger partial charge in [0.15, 0.2) is 0 Å². The molecule has 2 unspecified atom stereocenters. The van der Waals surface area contributed by atoms with E-state index >= 15 is 0 Å². The van der Waals surface area contributed by atoms with Crippen LogP contribution in [0.15, 0.2) is 10.6 Å². The molecule has 0 spiro atoms. The van der Waals surface area contributed by atoms with Crippen LogP contribution in [0.1, 0.15) is 36.2 Å². The number of nitrogens with one attached hydrogen (secondary N) is 1. The molecule has 1 fully saturated rings. The first-order valence-electron chi connectivity index (χ1n) is 6.28. The van der Waals surface area contributed by atoms with Gasteiger partial charge in [-0.25, -0.2) is 0 Å². The van der Waals surface area contributed by atoms with Gasteiger partial charge in [-0.2, -0.15) is 13.2 Å². The average molecular weight is 292 g/mol. The van der Waals surface area contributed by atoms with E-state index in [1.807, 2.05) is 0 Å². The smallest absolute Gasteiger partial charge is 0.391 e. The highest BCUT2D eigenvalue weighted by Crippen LogP contribution is 2.37. The molecule has 0 bridgehead atoms. The molecule has 5 nitrogen and oxygen atoms in total. The normalized spacial score (nSPS) is 23.4. The molecule has 1 heterocycles. The Bertz CT molecular complexity index is 473. The van der Waals surface area contributed by atoms with Gasteiger partial charge in [0.25, 0.3) is 11.8 Å². The molecule has 0 radical (unpaired) electrons. The van der Waals surface area contributed by atoms with E-state index in [0.29, 0.717) is 12.8 Å². The topological polar surface area (TPSA) is 64.4 Å². The van der Waals surface area contributed by atoms with E-state index in [1.165, 1.54) is 13.2 Å². The molecule has 2 atom stereocenters. The molecule has 112 valence electrons. The second-order valence-electron chi connectivity index (χ2n) is 4.81. The van der Waals surface area contributed by atoms with E-state index in [1.54, 1.807) is 0 Å². The predicted molar refractivity (Wildman–Crippen MR) is 62.3 cm³/mol. The molecule has 1 aliphatic carbocycles. The van der Waals surface area contributed by atoms with Gasteiger partial charge in [-0.3, -0.25) is 4.79 Å². The first-order valence-corrected chi connectivity index (χ1v) is 6.28. The molecule has 2 rings (SSSR count). The van der Waals surface area contributed by atoms with Crippen LogP contribution < -0.4 is 10.1 Å².